The highest BCUT2D eigenvalue weighted by molar-refractivity contribution is 5.78. The Balaban J connectivity index is 1.50. The van der Waals surface area contributed by atoms with Crippen molar-refractivity contribution in [2.45, 2.75) is 19.8 Å². The lowest BCUT2D eigenvalue weighted by Gasteiger charge is -2.17. The number of nitrogens with zero attached hydrogens (tertiary/aromatic N) is 2. The number of aryl methyl sites for hydroxylation is 2. The molecule has 140 valence electrons. The monoisotopic (exact) mass is 365 g/mol. The smallest absolute Gasteiger partial charge is 0.258 e. The summed E-state index contributed by atoms with van der Waals surface area (Å²) in [6, 6.07) is 15.0. The number of hydrogen-bond donors (Lipinski definition) is 1. The predicted octanol–water partition coefficient (Wildman–Crippen LogP) is 2.70. The van der Waals surface area contributed by atoms with Crippen molar-refractivity contribution in [3.05, 3.63) is 70.3 Å². The maximum absolute atomic E-state index is 12.3. The second-order valence-electron chi connectivity index (χ2n) is 6.51. The standard InChI is InChI=1S/C21H23N3O3/c1-15-6-5-7-16(14-15)27-13-12-24(2)20(25)11-10-19-22-18-9-4-3-8-17(18)21(26)23-19/h3-9,14H,10-13H2,1-2H3,(H,22,23,26). The molecule has 0 aliphatic heterocycles. The highest BCUT2D eigenvalue weighted by atomic mass is 16.5. The highest BCUT2D eigenvalue weighted by Crippen LogP contribution is 2.12. The minimum atomic E-state index is -0.178. The van der Waals surface area contributed by atoms with Crippen LogP contribution in [0.1, 0.15) is 17.8 Å². The SMILES string of the molecule is Cc1cccc(OCCN(C)C(=O)CCc2nc3ccccc3c(=O)[nH]2)c1. The van der Waals surface area contributed by atoms with E-state index in [1.165, 1.54) is 0 Å². The molecule has 2 aromatic carbocycles. The Morgan fingerprint density at radius 1 is 1.19 bits per heavy atom. The molecule has 6 heteroatoms. The van der Waals surface area contributed by atoms with E-state index in [1.807, 2.05) is 37.3 Å². The minimum Gasteiger partial charge on any atom is -0.492 e. The zero-order valence-electron chi connectivity index (χ0n) is 15.6. The van der Waals surface area contributed by atoms with Gasteiger partial charge in [0.1, 0.15) is 18.2 Å². The second-order valence-corrected chi connectivity index (χ2v) is 6.51. The van der Waals surface area contributed by atoms with Crippen LogP contribution in [0.25, 0.3) is 10.9 Å². The summed E-state index contributed by atoms with van der Waals surface area (Å²) in [4.78, 5) is 33.2. The first-order chi connectivity index (χ1) is 13.0. The van der Waals surface area contributed by atoms with E-state index in [1.54, 1.807) is 30.1 Å². The topological polar surface area (TPSA) is 75.3 Å². The van der Waals surface area contributed by atoms with Gasteiger partial charge in [-0.3, -0.25) is 9.59 Å². The quantitative estimate of drug-likeness (QED) is 0.698. The maximum Gasteiger partial charge on any atom is 0.258 e. The van der Waals surface area contributed by atoms with Gasteiger partial charge in [-0.25, -0.2) is 4.98 Å². The first-order valence-electron chi connectivity index (χ1n) is 8.94. The number of rotatable bonds is 7. The Kier molecular flexibility index (Phi) is 5.86. The third-order valence-electron chi connectivity index (χ3n) is 4.35. The van der Waals surface area contributed by atoms with Gasteiger partial charge in [0.15, 0.2) is 0 Å². The van der Waals surface area contributed by atoms with E-state index < -0.39 is 0 Å². The van der Waals surface area contributed by atoms with Crippen molar-refractivity contribution >= 4 is 16.8 Å². The molecule has 3 rings (SSSR count). The lowest BCUT2D eigenvalue weighted by Crippen LogP contribution is -2.31. The molecule has 6 nitrogen and oxygen atoms in total. The van der Waals surface area contributed by atoms with Gasteiger partial charge in [-0.05, 0) is 36.8 Å². The largest absolute Gasteiger partial charge is 0.492 e. The molecule has 0 spiro atoms. The molecule has 1 heterocycles. The van der Waals surface area contributed by atoms with Crippen LogP contribution in [0.3, 0.4) is 0 Å². The van der Waals surface area contributed by atoms with Crippen molar-refractivity contribution in [2.75, 3.05) is 20.2 Å². The zero-order valence-corrected chi connectivity index (χ0v) is 15.6. The summed E-state index contributed by atoms with van der Waals surface area (Å²) in [7, 11) is 1.75. The molecule has 0 fully saturated rings. The number of nitrogens with one attached hydrogen (secondary N) is 1. The summed E-state index contributed by atoms with van der Waals surface area (Å²) >= 11 is 0. The Morgan fingerprint density at radius 3 is 2.81 bits per heavy atom. The number of aromatic amines is 1. The van der Waals surface area contributed by atoms with Gasteiger partial charge in [-0.1, -0.05) is 24.3 Å². The molecule has 0 radical (unpaired) electrons. The summed E-state index contributed by atoms with van der Waals surface area (Å²) < 4.78 is 5.68. The van der Waals surface area contributed by atoms with Crippen molar-refractivity contribution < 1.29 is 9.53 Å². The summed E-state index contributed by atoms with van der Waals surface area (Å²) in [6.07, 6.45) is 0.671. The summed E-state index contributed by atoms with van der Waals surface area (Å²) in [5.74, 6) is 1.31. The van der Waals surface area contributed by atoms with E-state index in [4.69, 9.17) is 4.74 Å². The Hall–Kier alpha value is -3.15. The second kappa shape index (κ2) is 8.49. The number of fused-ring (bicyclic) bond motifs is 1. The summed E-state index contributed by atoms with van der Waals surface area (Å²) in [5, 5.41) is 0.554. The molecule has 0 bridgehead atoms. The maximum atomic E-state index is 12.3. The molecule has 0 saturated heterocycles. The molecule has 0 unspecified atom stereocenters. The number of para-hydroxylation sites is 1. The first-order valence-corrected chi connectivity index (χ1v) is 8.94. The van der Waals surface area contributed by atoms with Crippen LogP contribution in [-0.2, 0) is 11.2 Å². The van der Waals surface area contributed by atoms with E-state index in [9.17, 15) is 9.59 Å². The predicted molar refractivity (Wildman–Crippen MR) is 105 cm³/mol. The van der Waals surface area contributed by atoms with E-state index in [0.717, 1.165) is 11.3 Å². The number of aromatic nitrogens is 2. The molecule has 0 aliphatic carbocycles. The van der Waals surface area contributed by atoms with E-state index in [-0.39, 0.29) is 17.9 Å². The van der Waals surface area contributed by atoms with Crippen LogP contribution < -0.4 is 10.3 Å². The third-order valence-corrected chi connectivity index (χ3v) is 4.35. The van der Waals surface area contributed by atoms with Gasteiger partial charge in [0.25, 0.3) is 5.56 Å². The number of carbonyl (C=O) groups is 1. The highest BCUT2D eigenvalue weighted by Gasteiger charge is 2.11. The number of benzene rings is 2. The molecular weight excluding hydrogens is 342 g/mol. The van der Waals surface area contributed by atoms with Crippen molar-refractivity contribution in [1.82, 2.24) is 14.9 Å². The van der Waals surface area contributed by atoms with Crippen LogP contribution in [0, 0.1) is 6.92 Å². The fraction of sp³-hybridized carbons (Fsp3) is 0.286. The normalized spacial score (nSPS) is 10.7. The van der Waals surface area contributed by atoms with Crippen LogP contribution in [0.4, 0.5) is 0 Å². The van der Waals surface area contributed by atoms with Gasteiger partial charge in [0.2, 0.25) is 5.91 Å². The van der Waals surface area contributed by atoms with Crippen LogP contribution in [0.2, 0.25) is 0 Å². The molecule has 1 aromatic heterocycles. The Bertz CT molecular complexity index is 997. The molecule has 1 N–H and O–H groups in total. The number of amides is 1. The number of carbonyl (C=O) groups excluding carboxylic acids is 1. The zero-order chi connectivity index (χ0) is 19.2. The van der Waals surface area contributed by atoms with Crippen molar-refractivity contribution in [1.29, 1.82) is 0 Å². The molecule has 3 aromatic rings. The van der Waals surface area contributed by atoms with Crippen molar-refractivity contribution in [3.63, 3.8) is 0 Å². The first kappa shape index (κ1) is 18.6. The average molecular weight is 365 g/mol. The fourth-order valence-electron chi connectivity index (χ4n) is 2.80. The van der Waals surface area contributed by atoms with Crippen LogP contribution in [-0.4, -0.2) is 41.0 Å². The van der Waals surface area contributed by atoms with Crippen molar-refractivity contribution in [3.8, 4) is 5.75 Å². The van der Waals surface area contributed by atoms with Crippen molar-refractivity contribution in [2.24, 2.45) is 0 Å². The minimum absolute atomic E-state index is 0.0151. The summed E-state index contributed by atoms with van der Waals surface area (Å²) in [6.45, 7) is 2.93. The summed E-state index contributed by atoms with van der Waals surface area (Å²) in [5.41, 5.74) is 1.60. The molecule has 0 aliphatic rings. The van der Waals surface area contributed by atoms with Crippen LogP contribution in [0.15, 0.2) is 53.3 Å². The lowest BCUT2D eigenvalue weighted by molar-refractivity contribution is -0.130. The van der Waals surface area contributed by atoms with Gasteiger partial charge in [-0.15, -0.1) is 0 Å². The number of hydrogen-bond acceptors (Lipinski definition) is 4. The third kappa shape index (κ3) is 4.94. The fourth-order valence-corrected chi connectivity index (χ4v) is 2.80. The molecular formula is C21H23N3O3. The number of ether oxygens (including phenoxy) is 1. The molecule has 0 atom stereocenters. The van der Waals surface area contributed by atoms with Gasteiger partial charge in [-0.2, -0.15) is 0 Å². The van der Waals surface area contributed by atoms with Gasteiger partial charge >= 0.3 is 0 Å². The van der Waals surface area contributed by atoms with E-state index >= 15 is 0 Å². The molecule has 1 amide bonds. The average Bonchev–Trinajstić information content (AvgIpc) is 2.66. The van der Waals surface area contributed by atoms with E-state index in [2.05, 4.69) is 9.97 Å². The Morgan fingerprint density at radius 2 is 2.00 bits per heavy atom. The van der Waals surface area contributed by atoms with E-state index in [0.29, 0.717) is 36.3 Å². The lowest BCUT2D eigenvalue weighted by atomic mass is 10.2. The van der Waals surface area contributed by atoms with Gasteiger partial charge in [0, 0.05) is 19.9 Å². The van der Waals surface area contributed by atoms with Gasteiger partial charge in [0.05, 0.1) is 17.4 Å². The van der Waals surface area contributed by atoms with Gasteiger partial charge < -0.3 is 14.6 Å². The van der Waals surface area contributed by atoms with Crippen LogP contribution in [0.5, 0.6) is 5.75 Å². The number of likely N-dealkylation sites (N-methyl/N-ethyl adjacent to an activating group) is 1. The Labute approximate surface area is 157 Å². The van der Waals surface area contributed by atoms with Crippen LogP contribution >= 0.6 is 0 Å². The number of H-pyrrole nitrogens is 1. The molecule has 27 heavy (non-hydrogen) atoms. The molecule has 0 saturated carbocycles.